The number of hydrogen-bond acceptors (Lipinski definition) is 3. The summed E-state index contributed by atoms with van der Waals surface area (Å²) in [5.41, 5.74) is 0.854. The van der Waals surface area contributed by atoms with E-state index in [1.807, 2.05) is 35.2 Å². The molecule has 1 aliphatic heterocycles. The quantitative estimate of drug-likeness (QED) is 0.883. The number of nitrogens with zero attached hydrogens (tertiary/aromatic N) is 2. The van der Waals surface area contributed by atoms with Crippen molar-refractivity contribution in [3.63, 3.8) is 0 Å². The Labute approximate surface area is 130 Å². The van der Waals surface area contributed by atoms with E-state index in [0.717, 1.165) is 42.6 Å². The number of ether oxygens (including phenoxy) is 1. The van der Waals surface area contributed by atoms with Crippen LogP contribution in [0.4, 0.5) is 4.79 Å². The number of rotatable bonds is 4. The molecule has 1 aliphatic rings. The Kier molecular flexibility index (Phi) is 4.73. The predicted molar refractivity (Wildman–Crippen MR) is 86.1 cm³/mol. The topological polar surface area (TPSA) is 54.5 Å². The number of para-hydroxylation sites is 1. The van der Waals surface area contributed by atoms with Gasteiger partial charge in [-0.15, -0.1) is 0 Å². The Balaban J connectivity index is 1.49. The number of aromatic nitrogens is 1. The molecule has 1 aromatic carbocycles. The van der Waals surface area contributed by atoms with Gasteiger partial charge in [0, 0.05) is 24.7 Å². The molecule has 1 saturated heterocycles. The van der Waals surface area contributed by atoms with E-state index in [4.69, 9.17) is 4.74 Å². The summed E-state index contributed by atoms with van der Waals surface area (Å²) >= 11 is 0. The second kappa shape index (κ2) is 7.11. The van der Waals surface area contributed by atoms with Crippen molar-refractivity contribution in [1.29, 1.82) is 0 Å². The number of carbonyl (C=O) groups excluding carboxylic acids is 1. The Morgan fingerprint density at radius 1 is 1.18 bits per heavy atom. The molecule has 0 saturated carbocycles. The molecule has 5 nitrogen and oxygen atoms in total. The van der Waals surface area contributed by atoms with Crippen LogP contribution < -0.4 is 10.1 Å². The fourth-order valence-corrected chi connectivity index (χ4v) is 2.72. The standard InChI is InChI=1S/C17H21N3O2/c21-17(20-11-2-1-3-12-20)19-10-13-22-15-8-4-6-14-7-5-9-18-16(14)15/h4-9H,1-3,10-13H2,(H,19,21). The van der Waals surface area contributed by atoms with Crippen LogP contribution in [0.5, 0.6) is 5.75 Å². The lowest BCUT2D eigenvalue weighted by Gasteiger charge is -2.26. The molecule has 1 fully saturated rings. The van der Waals surface area contributed by atoms with Crippen LogP contribution in [0.15, 0.2) is 36.5 Å². The Bertz CT molecular complexity index is 633. The summed E-state index contributed by atoms with van der Waals surface area (Å²) in [5.74, 6) is 0.755. The molecular weight excluding hydrogens is 278 g/mol. The molecule has 2 heterocycles. The number of nitrogens with one attached hydrogen (secondary N) is 1. The van der Waals surface area contributed by atoms with Gasteiger partial charge in [-0.3, -0.25) is 4.98 Å². The van der Waals surface area contributed by atoms with Crippen LogP contribution in [0, 0.1) is 0 Å². The molecule has 5 heteroatoms. The summed E-state index contributed by atoms with van der Waals surface area (Å²) in [5, 5.41) is 3.97. The molecule has 0 radical (unpaired) electrons. The van der Waals surface area contributed by atoms with Crippen molar-refractivity contribution in [3.05, 3.63) is 36.5 Å². The number of pyridine rings is 1. The first kappa shape index (κ1) is 14.6. The third kappa shape index (κ3) is 3.47. The van der Waals surface area contributed by atoms with E-state index < -0.39 is 0 Å². The number of benzene rings is 1. The van der Waals surface area contributed by atoms with Crippen LogP contribution in [-0.4, -0.2) is 42.2 Å². The average Bonchev–Trinajstić information content (AvgIpc) is 2.59. The summed E-state index contributed by atoms with van der Waals surface area (Å²) in [4.78, 5) is 18.2. The molecule has 0 aliphatic carbocycles. The number of hydrogen-bond donors (Lipinski definition) is 1. The van der Waals surface area contributed by atoms with Gasteiger partial charge in [0.15, 0.2) is 0 Å². The molecule has 2 amide bonds. The van der Waals surface area contributed by atoms with Crippen LogP contribution in [0.2, 0.25) is 0 Å². The SMILES string of the molecule is O=C(NCCOc1cccc2cccnc12)N1CCCCC1. The number of amides is 2. The number of carbonyl (C=O) groups is 1. The predicted octanol–water partition coefficient (Wildman–Crippen LogP) is 2.81. The first-order valence-corrected chi connectivity index (χ1v) is 7.84. The molecule has 0 spiro atoms. The van der Waals surface area contributed by atoms with Gasteiger partial charge >= 0.3 is 6.03 Å². The van der Waals surface area contributed by atoms with Crippen molar-refractivity contribution >= 4 is 16.9 Å². The minimum Gasteiger partial charge on any atom is -0.489 e. The van der Waals surface area contributed by atoms with Crippen molar-refractivity contribution in [3.8, 4) is 5.75 Å². The Morgan fingerprint density at radius 2 is 2.00 bits per heavy atom. The molecule has 1 aromatic heterocycles. The second-order valence-electron chi connectivity index (χ2n) is 5.46. The first-order valence-electron chi connectivity index (χ1n) is 7.84. The fourth-order valence-electron chi connectivity index (χ4n) is 2.72. The largest absolute Gasteiger partial charge is 0.489 e. The third-order valence-electron chi connectivity index (χ3n) is 3.87. The van der Waals surface area contributed by atoms with Gasteiger partial charge in [-0.05, 0) is 31.4 Å². The molecule has 3 rings (SSSR count). The fraction of sp³-hybridized carbons (Fsp3) is 0.412. The minimum absolute atomic E-state index is 0.0133. The van der Waals surface area contributed by atoms with Gasteiger partial charge in [0.05, 0.1) is 6.54 Å². The maximum absolute atomic E-state index is 12.0. The number of urea groups is 1. The van der Waals surface area contributed by atoms with E-state index in [1.54, 1.807) is 6.20 Å². The van der Waals surface area contributed by atoms with Crippen LogP contribution in [0.1, 0.15) is 19.3 Å². The molecule has 116 valence electrons. The molecular formula is C17H21N3O2. The van der Waals surface area contributed by atoms with E-state index in [0.29, 0.717) is 13.2 Å². The van der Waals surface area contributed by atoms with Gasteiger partial charge in [0.25, 0.3) is 0 Å². The first-order chi connectivity index (χ1) is 10.8. The Morgan fingerprint density at radius 3 is 2.86 bits per heavy atom. The summed E-state index contributed by atoms with van der Waals surface area (Å²) in [7, 11) is 0. The number of piperidine rings is 1. The van der Waals surface area contributed by atoms with E-state index in [-0.39, 0.29) is 6.03 Å². The molecule has 0 unspecified atom stereocenters. The third-order valence-corrected chi connectivity index (χ3v) is 3.87. The lowest BCUT2D eigenvalue weighted by Crippen LogP contribution is -2.43. The van der Waals surface area contributed by atoms with E-state index >= 15 is 0 Å². The van der Waals surface area contributed by atoms with Crippen molar-refractivity contribution in [2.24, 2.45) is 0 Å². The van der Waals surface area contributed by atoms with Crippen molar-refractivity contribution < 1.29 is 9.53 Å². The normalized spacial score (nSPS) is 14.8. The highest BCUT2D eigenvalue weighted by molar-refractivity contribution is 5.84. The second-order valence-corrected chi connectivity index (χ2v) is 5.46. The van der Waals surface area contributed by atoms with Crippen LogP contribution >= 0.6 is 0 Å². The lowest BCUT2D eigenvalue weighted by molar-refractivity contribution is 0.184. The molecule has 0 atom stereocenters. The average molecular weight is 299 g/mol. The zero-order chi connectivity index (χ0) is 15.2. The Hall–Kier alpha value is -2.30. The zero-order valence-electron chi connectivity index (χ0n) is 12.6. The number of fused-ring (bicyclic) bond motifs is 1. The van der Waals surface area contributed by atoms with Crippen LogP contribution in [0.3, 0.4) is 0 Å². The van der Waals surface area contributed by atoms with E-state index in [2.05, 4.69) is 10.3 Å². The minimum atomic E-state index is 0.0133. The van der Waals surface area contributed by atoms with Gasteiger partial charge in [-0.25, -0.2) is 4.79 Å². The summed E-state index contributed by atoms with van der Waals surface area (Å²) in [6.07, 6.45) is 5.19. The molecule has 2 aromatic rings. The lowest BCUT2D eigenvalue weighted by atomic mass is 10.1. The zero-order valence-corrected chi connectivity index (χ0v) is 12.6. The van der Waals surface area contributed by atoms with E-state index in [1.165, 1.54) is 6.42 Å². The highest BCUT2D eigenvalue weighted by Gasteiger charge is 2.15. The van der Waals surface area contributed by atoms with Crippen molar-refractivity contribution in [2.45, 2.75) is 19.3 Å². The highest BCUT2D eigenvalue weighted by Crippen LogP contribution is 2.22. The van der Waals surface area contributed by atoms with Gasteiger partial charge in [0.1, 0.15) is 17.9 Å². The maximum Gasteiger partial charge on any atom is 0.317 e. The van der Waals surface area contributed by atoms with Gasteiger partial charge in [-0.2, -0.15) is 0 Å². The highest BCUT2D eigenvalue weighted by atomic mass is 16.5. The summed E-state index contributed by atoms with van der Waals surface area (Å²) < 4.78 is 5.76. The molecule has 22 heavy (non-hydrogen) atoms. The van der Waals surface area contributed by atoms with Gasteiger partial charge in [0.2, 0.25) is 0 Å². The smallest absolute Gasteiger partial charge is 0.317 e. The summed E-state index contributed by atoms with van der Waals surface area (Å²) in [6, 6.07) is 9.79. The van der Waals surface area contributed by atoms with E-state index in [9.17, 15) is 4.79 Å². The van der Waals surface area contributed by atoms with Crippen molar-refractivity contribution in [1.82, 2.24) is 15.2 Å². The van der Waals surface area contributed by atoms with Crippen LogP contribution in [-0.2, 0) is 0 Å². The monoisotopic (exact) mass is 299 g/mol. The maximum atomic E-state index is 12.0. The summed E-state index contributed by atoms with van der Waals surface area (Å²) in [6.45, 7) is 2.66. The van der Waals surface area contributed by atoms with Gasteiger partial charge in [-0.1, -0.05) is 18.2 Å². The van der Waals surface area contributed by atoms with Gasteiger partial charge < -0.3 is 15.0 Å². The molecule has 0 bridgehead atoms. The number of likely N-dealkylation sites (tertiary alicyclic amines) is 1. The van der Waals surface area contributed by atoms with Crippen molar-refractivity contribution in [2.75, 3.05) is 26.2 Å². The van der Waals surface area contributed by atoms with Crippen LogP contribution in [0.25, 0.3) is 10.9 Å². The molecule has 1 N–H and O–H groups in total.